The lowest BCUT2D eigenvalue weighted by molar-refractivity contribution is -0.385. The van der Waals surface area contributed by atoms with Gasteiger partial charge in [-0.05, 0) is 6.07 Å². The zero-order valence-electron chi connectivity index (χ0n) is 10.4. The van der Waals surface area contributed by atoms with Gasteiger partial charge in [-0.3, -0.25) is 14.9 Å². The van der Waals surface area contributed by atoms with Crippen molar-refractivity contribution < 1.29 is 9.72 Å². The molecule has 104 valence electrons. The highest BCUT2D eigenvalue weighted by molar-refractivity contribution is 6.32. The normalized spacial score (nSPS) is 10.3. The van der Waals surface area contributed by atoms with Crippen molar-refractivity contribution in [1.82, 2.24) is 19.9 Å². The van der Waals surface area contributed by atoms with Crippen molar-refractivity contribution in [3.05, 3.63) is 51.3 Å². The van der Waals surface area contributed by atoms with Gasteiger partial charge in [0.15, 0.2) is 0 Å². The monoisotopic (exact) mass is 295 g/mol. The summed E-state index contributed by atoms with van der Waals surface area (Å²) in [5, 5.41) is 13.2. The standard InChI is InChI=1S/C11H10ClN5O3/c1-16-5-4-13-8(16)6-15-11(18)7-2-3-14-10(12)9(7)17(19)20/h2-5H,6H2,1H3,(H,15,18). The summed E-state index contributed by atoms with van der Waals surface area (Å²) < 4.78 is 1.73. The quantitative estimate of drug-likeness (QED) is 0.520. The van der Waals surface area contributed by atoms with Crippen LogP contribution >= 0.6 is 11.6 Å². The van der Waals surface area contributed by atoms with Crippen LogP contribution in [-0.4, -0.2) is 25.4 Å². The highest BCUT2D eigenvalue weighted by Crippen LogP contribution is 2.25. The molecule has 0 atom stereocenters. The Hall–Kier alpha value is -2.48. The van der Waals surface area contributed by atoms with E-state index in [4.69, 9.17) is 11.6 Å². The molecule has 0 unspecified atom stereocenters. The van der Waals surface area contributed by atoms with E-state index < -0.39 is 16.5 Å². The fraction of sp³-hybridized carbons (Fsp3) is 0.182. The molecule has 8 nitrogen and oxygen atoms in total. The summed E-state index contributed by atoms with van der Waals surface area (Å²) in [5.74, 6) is 0.0187. The first-order valence-corrected chi connectivity index (χ1v) is 5.91. The lowest BCUT2D eigenvalue weighted by Gasteiger charge is -2.06. The molecule has 0 fully saturated rings. The number of imidazole rings is 1. The van der Waals surface area contributed by atoms with Crippen molar-refractivity contribution in [1.29, 1.82) is 0 Å². The van der Waals surface area contributed by atoms with Crippen LogP contribution < -0.4 is 5.32 Å². The molecule has 0 aliphatic heterocycles. The minimum absolute atomic E-state index is 0.135. The average Bonchev–Trinajstić information content (AvgIpc) is 2.80. The van der Waals surface area contributed by atoms with Gasteiger partial charge in [-0.2, -0.15) is 0 Å². The lowest BCUT2D eigenvalue weighted by Crippen LogP contribution is -2.25. The van der Waals surface area contributed by atoms with Crippen LogP contribution in [0.5, 0.6) is 0 Å². The molecule has 2 heterocycles. The molecule has 0 saturated carbocycles. The van der Waals surface area contributed by atoms with Crippen molar-refractivity contribution in [2.45, 2.75) is 6.54 Å². The number of amides is 1. The highest BCUT2D eigenvalue weighted by Gasteiger charge is 2.24. The van der Waals surface area contributed by atoms with Gasteiger partial charge in [0.1, 0.15) is 11.4 Å². The van der Waals surface area contributed by atoms with Gasteiger partial charge in [0, 0.05) is 25.6 Å². The Kier molecular flexibility index (Phi) is 3.94. The number of hydrogen-bond donors (Lipinski definition) is 1. The number of aryl methyl sites for hydroxylation is 1. The van der Waals surface area contributed by atoms with E-state index in [2.05, 4.69) is 15.3 Å². The molecule has 0 spiro atoms. The predicted molar refractivity (Wildman–Crippen MR) is 70.3 cm³/mol. The third-order valence-electron chi connectivity index (χ3n) is 2.63. The number of halogens is 1. The molecular formula is C11H10ClN5O3. The van der Waals surface area contributed by atoms with Crippen molar-refractivity contribution in [3.63, 3.8) is 0 Å². The maximum absolute atomic E-state index is 12.0. The molecule has 1 amide bonds. The molecule has 2 aromatic heterocycles. The number of pyridine rings is 1. The maximum Gasteiger partial charge on any atom is 0.319 e. The van der Waals surface area contributed by atoms with Gasteiger partial charge >= 0.3 is 5.69 Å². The second-order valence-electron chi connectivity index (χ2n) is 3.89. The summed E-state index contributed by atoms with van der Waals surface area (Å²) in [4.78, 5) is 29.8. The number of aromatic nitrogens is 3. The van der Waals surface area contributed by atoms with Gasteiger partial charge in [0.25, 0.3) is 5.91 Å². The summed E-state index contributed by atoms with van der Waals surface area (Å²) >= 11 is 5.64. The fourth-order valence-corrected chi connectivity index (χ4v) is 1.83. The van der Waals surface area contributed by atoms with Crippen LogP contribution in [0.1, 0.15) is 16.2 Å². The topological polar surface area (TPSA) is 103 Å². The molecule has 0 radical (unpaired) electrons. The molecule has 0 bridgehead atoms. The van der Waals surface area contributed by atoms with Gasteiger partial charge < -0.3 is 9.88 Å². The third kappa shape index (κ3) is 2.75. The van der Waals surface area contributed by atoms with Gasteiger partial charge in [-0.1, -0.05) is 11.6 Å². The van der Waals surface area contributed by atoms with Gasteiger partial charge in [0.05, 0.1) is 11.5 Å². The van der Waals surface area contributed by atoms with Crippen molar-refractivity contribution in [2.75, 3.05) is 0 Å². The number of hydrogen-bond acceptors (Lipinski definition) is 5. The minimum atomic E-state index is -0.731. The van der Waals surface area contributed by atoms with Crippen molar-refractivity contribution >= 4 is 23.2 Å². The average molecular weight is 296 g/mol. The number of carbonyl (C=O) groups excluding carboxylic acids is 1. The molecule has 9 heteroatoms. The van der Waals surface area contributed by atoms with Crippen LogP contribution in [0, 0.1) is 10.1 Å². The Labute approximate surface area is 118 Å². The maximum atomic E-state index is 12.0. The van der Waals surface area contributed by atoms with Gasteiger partial charge in [0.2, 0.25) is 5.15 Å². The van der Waals surface area contributed by atoms with Crippen LogP contribution in [-0.2, 0) is 13.6 Å². The molecular weight excluding hydrogens is 286 g/mol. The van der Waals surface area contributed by atoms with Crippen LogP contribution in [0.25, 0.3) is 0 Å². The zero-order valence-corrected chi connectivity index (χ0v) is 11.2. The highest BCUT2D eigenvalue weighted by atomic mass is 35.5. The number of nitrogens with zero attached hydrogens (tertiary/aromatic N) is 4. The van der Waals surface area contributed by atoms with Crippen LogP contribution in [0.4, 0.5) is 5.69 Å². The predicted octanol–water partition coefficient (Wildman–Crippen LogP) is 1.31. The Morgan fingerprint density at radius 3 is 2.85 bits per heavy atom. The van der Waals surface area contributed by atoms with E-state index in [1.54, 1.807) is 24.0 Å². The van der Waals surface area contributed by atoms with E-state index in [0.717, 1.165) is 0 Å². The van der Waals surface area contributed by atoms with Crippen molar-refractivity contribution in [2.24, 2.45) is 7.05 Å². The van der Waals surface area contributed by atoms with Crippen LogP contribution in [0.15, 0.2) is 24.7 Å². The lowest BCUT2D eigenvalue weighted by atomic mass is 10.2. The number of carbonyl (C=O) groups is 1. The summed E-state index contributed by atoms with van der Waals surface area (Å²) in [5.41, 5.74) is -0.643. The molecule has 2 aromatic rings. The molecule has 0 aliphatic carbocycles. The molecule has 0 aromatic carbocycles. The summed E-state index contributed by atoms with van der Waals surface area (Å²) in [7, 11) is 1.78. The van der Waals surface area contributed by atoms with E-state index in [0.29, 0.717) is 5.82 Å². The first-order chi connectivity index (χ1) is 9.50. The van der Waals surface area contributed by atoms with E-state index in [-0.39, 0.29) is 17.3 Å². The molecule has 2 rings (SSSR count). The number of rotatable bonds is 4. The van der Waals surface area contributed by atoms with E-state index in [9.17, 15) is 14.9 Å². The largest absolute Gasteiger partial charge is 0.345 e. The van der Waals surface area contributed by atoms with Gasteiger partial charge in [-0.15, -0.1) is 0 Å². The number of nitrogens with one attached hydrogen (secondary N) is 1. The fourth-order valence-electron chi connectivity index (χ4n) is 1.61. The van der Waals surface area contributed by atoms with Gasteiger partial charge in [-0.25, -0.2) is 9.97 Å². The summed E-state index contributed by atoms with van der Waals surface area (Å²) in [6, 6.07) is 1.25. The second-order valence-corrected chi connectivity index (χ2v) is 4.25. The number of nitro groups is 1. The van der Waals surface area contributed by atoms with Crippen molar-refractivity contribution in [3.8, 4) is 0 Å². The molecule has 0 aliphatic rings. The SMILES string of the molecule is Cn1ccnc1CNC(=O)c1ccnc(Cl)c1[N+](=O)[O-]. The molecule has 20 heavy (non-hydrogen) atoms. The van der Waals surface area contributed by atoms with E-state index in [1.165, 1.54) is 12.3 Å². The minimum Gasteiger partial charge on any atom is -0.345 e. The zero-order chi connectivity index (χ0) is 14.7. The van der Waals surface area contributed by atoms with Crippen LogP contribution in [0.3, 0.4) is 0 Å². The summed E-state index contributed by atoms with van der Waals surface area (Å²) in [6.45, 7) is 0.152. The smallest absolute Gasteiger partial charge is 0.319 e. The van der Waals surface area contributed by atoms with Crippen LogP contribution in [0.2, 0.25) is 5.15 Å². The van der Waals surface area contributed by atoms with E-state index >= 15 is 0 Å². The Bertz CT molecular complexity index is 670. The third-order valence-corrected chi connectivity index (χ3v) is 2.91. The summed E-state index contributed by atoms with van der Waals surface area (Å²) in [6.07, 6.45) is 4.56. The van der Waals surface area contributed by atoms with E-state index in [1.807, 2.05) is 0 Å². The first-order valence-electron chi connectivity index (χ1n) is 5.54. The first kappa shape index (κ1) is 13.9. The second kappa shape index (κ2) is 5.66. The Morgan fingerprint density at radius 1 is 1.50 bits per heavy atom. The Morgan fingerprint density at radius 2 is 2.25 bits per heavy atom. The molecule has 1 N–H and O–H groups in total. The Balaban J connectivity index is 2.20. The molecule has 0 saturated heterocycles.